The molecule has 0 fully saturated rings. The number of nitrogens with one attached hydrogen (secondary N) is 3. The van der Waals surface area contributed by atoms with Gasteiger partial charge in [-0.05, 0) is 37.5 Å². The number of rotatable bonds is 16. The summed E-state index contributed by atoms with van der Waals surface area (Å²) in [5, 5.41) is 44.6. The topological polar surface area (TPSA) is 293 Å². The number of benzene rings is 1. The van der Waals surface area contributed by atoms with Crippen molar-refractivity contribution in [3.05, 3.63) is 29.8 Å². The van der Waals surface area contributed by atoms with Crippen LogP contribution >= 0.6 is 0 Å². The number of aliphatic carboxylic acids is 2. The third-order valence-corrected chi connectivity index (χ3v) is 5.40. The minimum atomic E-state index is -1.71. The molecule has 5 unspecified atom stereocenters. The van der Waals surface area contributed by atoms with Gasteiger partial charge in [-0.15, -0.1) is 0 Å². The molecule has 0 aliphatic carbocycles. The Labute approximate surface area is 223 Å². The maximum absolute atomic E-state index is 13.1. The number of nitrogens with zero attached hydrogens (tertiary/aromatic N) is 1. The Balaban J connectivity index is 3.10. The Kier molecular flexibility index (Phi) is 13.1. The highest BCUT2D eigenvalue weighted by atomic mass is 16.4. The molecule has 39 heavy (non-hydrogen) atoms. The summed E-state index contributed by atoms with van der Waals surface area (Å²) in [5.41, 5.74) is 16.5. The van der Waals surface area contributed by atoms with Crippen LogP contribution in [-0.4, -0.2) is 92.9 Å². The van der Waals surface area contributed by atoms with E-state index in [1.807, 2.05) is 0 Å². The predicted octanol–water partition coefficient (Wildman–Crippen LogP) is -3.29. The quantitative estimate of drug-likeness (QED) is 0.0547. The van der Waals surface area contributed by atoms with Crippen LogP contribution in [0.25, 0.3) is 0 Å². The third-order valence-electron chi connectivity index (χ3n) is 5.40. The van der Waals surface area contributed by atoms with Gasteiger partial charge in [-0.25, -0.2) is 4.79 Å². The summed E-state index contributed by atoms with van der Waals surface area (Å²) in [5.74, 6) is -6.08. The molecule has 1 aromatic carbocycles. The molecule has 0 aromatic heterocycles. The number of carbonyl (C=O) groups is 5. The standard InChI is InChI=1S/C23H35N7O9/c1-11(31)18(24)21(37)30-15(9-12-4-6-13(32)7-5-12)19(35)29-16(10-17(33)34)20(36)28-14(22(38)39)3-2-8-27-23(25)26/h4-7,11,14-16,18,31-32H,2-3,8-10,24H2,1H3,(H,28,36)(H,29,35)(H,30,37)(H,33,34)(H,38,39)(H4,25,26,27). The van der Waals surface area contributed by atoms with Crippen LogP contribution in [0.4, 0.5) is 0 Å². The molecular weight excluding hydrogens is 518 g/mol. The lowest BCUT2D eigenvalue weighted by atomic mass is 10.0. The molecule has 16 nitrogen and oxygen atoms in total. The number of phenolic OH excluding ortho intramolecular Hbond substituents is 1. The first-order chi connectivity index (χ1) is 18.2. The van der Waals surface area contributed by atoms with E-state index in [1.54, 1.807) is 0 Å². The molecule has 5 atom stereocenters. The van der Waals surface area contributed by atoms with Gasteiger partial charge in [0.15, 0.2) is 5.96 Å². The summed E-state index contributed by atoms with van der Waals surface area (Å²) in [4.78, 5) is 65.1. The number of carboxylic acid groups (broad SMARTS) is 2. The Morgan fingerprint density at radius 2 is 1.44 bits per heavy atom. The van der Waals surface area contributed by atoms with E-state index < -0.39 is 66.4 Å². The van der Waals surface area contributed by atoms with Gasteiger partial charge in [0, 0.05) is 13.0 Å². The average molecular weight is 554 g/mol. The molecule has 3 amide bonds. The second-order valence-electron chi connectivity index (χ2n) is 8.71. The highest BCUT2D eigenvalue weighted by molar-refractivity contribution is 5.95. The van der Waals surface area contributed by atoms with Crippen LogP contribution in [0.3, 0.4) is 0 Å². The van der Waals surface area contributed by atoms with Crippen molar-refractivity contribution in [1.29, 1.82) is 0 Å². The van der Waals surface area contributed by atoms with Crippen LogP contribution in [0.5, 0.6) is 5.75 Å². The molecule has 16 heteroatoms. The van der Waals surface area contributed by atoms with Gasteiger partial charge in [-0.1, -0.05) is 12.1 Å². The van der Waals surface area contributed by atoms with Crippen molar-refractivity contribution in [2.24, 2.45) is 22.2 Å². The minimum absolute atomic E-state index is 0.0515. The van der Waals surface area contributed by atoms with E-state index >= 15 is 0 Å². The van der Waals surface area contributed by atoms with Crippen molar-refractivity contribution in [1.82, 2.24) is 16.0 Å². The molecule has 0 spiro atoms. The zero-order valence-electron chi connectivity index (χ0n) is 21.2. The maximum atomic E-state index is 13.1. The number of aromatic hydroxyl groups is 1. The van der Waals surface area contributed by atoms with Gasteiger partial charge in [-0.3, -0.25) is 24.2 Å². The molecule has 0 bridgehead atoms. The summed E-state index contributed by atoms with van der Waals surface area (Å²) in [7, 11) is 0. The van der Waals surface area contributed by atoms with Crippen molar-refractivity contribution < 1.29 is 44.4 Å². The van der Waals surface area contributed by atoms with E-state index in [4.69, 9.17) is 17.2 Å². The Hall–Kier alpha value is -4.44. The largest absolute Gasteiger partial charge is 0.508 e. The predicted molar refractivity (Wildman–Crippen MR) is 137 cm³/mol. The summed E-state index contributed by atoms with van der Waals surface area (Å²) >= 11 is 0. The molecule has 0 saturated carbocycles. The van der Waals surface area contributed by atoms with E-state index in [0.29, 0.717) is 5.56 Å². The third kappa shape index (κ3) is 12.1. The normalized spacial score (nSPS) is 14.5. The zero-order chi connectivity index (χ0) is 29.7. The average Bonchev–Trinajstić information content (AvgIpc) is 2.84. The fraction of sp³-hybridized carbons (Fsp3) is 0.478. The summed E-state index contributed by atoms with van der Waals surface area (Å²) in [6.45, 7) is 1.35. The zero-order valence-corrected chi connectivity index (χ0v) is 21.2. The SMILES string of the molecule is CC(O)C(N)C(=O)NC(Cc1ccc(O)cc1)C(=O)NC(CC(=O)O)C(=O)NC(CCCN=C(N)N)C(=O)O. The van der Waals surface area contributed by atoms with Crippen LogP contribution < -0.4 is 33.2 Å². The second kappa shape index (κ2) is 15.7. The van der Waals surface area contributed by atoms with Crippen molar-refractivity contribution in [3.8, 4) is 5.75 Å². The number of amides is 3. The molecule has 0 aliphatic rings. The number of aliphatic hydroxyl groups is 1. The lowest BCUT2D eigenvalue weighted by Gasteiger charge is -2.25. The molecule has 0 saturated heterocycles. The molecule has 1 rings (SSSR count). The molecular formula is C23H35N7O9. The van der Waals surface area contributed by atoms with E-state index in [-0.39, 0.29) is 37.5 Å². The Morgan fingerprint density at radius 1 is 0.897 bits per heavy atom. The van der Waals surface area contributed by atoms with Crippen molar-refractivity contribution in [2.45, 2.75) is 62.9 Å². The minimum Gasteiger partial charge on any atom is -0.508 e. The Bertz CT molecular complexity index is 1040. The number of hydrogen-bond donors (Lipinski definition) is 10. The van der Waals surface area contributed by atoms with Gasteiger partial charge in [0.25, 0.3) is 0 Å². The Morgan fingerprint density at radius 3 is 1.95 bits per heavy atom. The van der Waals surface area contributed by atoms with Crippen LogP contribution in [0.1, 0.15) is 31.7 Å². The number of hydrogen-bond acceptors (Lipinski definition) is 9. The summed E-state index contributed by atoms with van der Waals surface area (Å²) in [6, 6.07) is -0.300. The number of carboxylic acids is 2. The maximum Gasteiger partial charge on any atom is 0.326 e. The van der Waals surface area contributed by atoms with Gasteiger partial charge in [-0.2, -0.15) is 0 Å². The number of nitrogens with two attached hydrogens (primary N) is 3. The van der Waals surface area contributed by atoms with Gasteiger partial charge < -0.3 is 53.6 Å². The molecule has 0 radical (unpaired) electrons. The fourth-order valence-corrected chi connectivity index (χ4v) is 3.25. The van der Waals surface area contributed by atoms with Gasteiger partial charge >= 0.3 is 11.9 Å². The van der Waals surface area contributed by atoms with Gasteiger partial charge in [0.2, 0.25) is 17.7 Å². The van der Waals surface area contributed by atoms with Gasteiger partial charge in [0.1, 0.15) is 29.9 Å². The highest BCUT2D eigenvalue weighted by Gasteiger charge is 2.32. The number of aliphatic hydroxyl groups excluding tert-OH is 1. The number of aliphatic imine (C=N–C) groups is 1. The summed E-state index contributed by atoms with van der Waals surface area (Å²) < 4.78 is 0. The van der Waals surface area contributed by atoms with Crippen LogP contribution in [-0.2, 0) is 30.4 Å². The second-order valence-corrected chi connectivity index (χ2v) is 8.71. The first-order valence-electron chi connectivity index (χ1n) is 11.8. The first-order valence-corrected chi connectivity index (χ1v) is 11.8. The van der Waals surface area contributed by atoms with Gasteiger partial charge in [0.05, 0.1) is 12.5 Å². The van der Waals surface area contributed by atoms with Crippen molar-refractivity contribution in [3.63, 3.8) is 0 Å². The van der Waals surface area contributed by atoms with E-state index in [0.717, 1.165) is 0 Å². The monoisotopic (exact) mass is 553 g/mol. The van der Waals surface area contributed by atoms with Crippen LogP contribution in [0.2, 0.25) is 0 Å². The number of phenols is 1. The first kappa shape index (κ1) is 32.6. The molecule has 0 heterocycles. The van der Waals surface area contributed by atoms with E-state index in [2.05, 4.69) is 20.9 Å². The molecule has 0 aliphatic heterocycles. The fourth-order valence-electron chi connectivity index (χ4n) is 3.25. The molecule has 216 valence electrons. The smallest absolute Gasteiger partial charge is 0.326 e. The van der Waals surface area contributed by atoms with E-state index in [9.17, 15) is 44.4 Å². The lowest BCUT2D eigenvalue weighted by Crippen LogP contribution is -2.59. The summed E-state index contributed by atoms with van der Waals surface area (Å²) in [6.07, 6.45) is -2.23. The van der Waals surface area contributed by atoms with Crippen molar-refractivity contribution >= 4 is 35.6 Å². The molecule has 13 N–H and O–H groups in total. The van der Waals surface area contributed by atoms with E-state index in [1.165, 1.54) is 31.2 Å². The highest BCUT2D eigenvalue weighted by Crippen LogP contribution is 2.12. The van der Waals surface area contributed by atoms with Crippen LogP contribution in [0.15, 0.2) is 29.3 Å². The number of carbonyl (C=O) groups excluding carboxylic acids is 3. The number of guanidine groups is 1. The van der Waals surface area contributed by atoms with Crippen LogP contribution in [0, 0.1) is 0 Å². The molecule has 1 aromatic rings. The van der Waals surface area contributed by atoms with Crippen molar-refractivity contribution in [2.75, 3.05) is 6.54 Å². The lowest BCUT2D eigenvalue weighted by molar-refractivity contribution is -0.143.